The molecule has 2 heterocycles. The van der Waals surface area contributed by atoms with Crippen LogP contribution in [-0.2, 0) is 20.1 Å². The molecule has 0 aliphatic heterocycles. The first-order valence-electron chi connectivity index (χ1n) is 5.08. The van der Waals surface area contributed by atoms with Gasteiger partial charge in [-0.15, -0.1) is 0 Å². The predicted octanol–water partition coefficient (Wildman–Crippen LogP) is 0.203. The van der Waals surface area contributed by atoms with Gasteiger partial charge in [-0.3, -0.25) is 4.68 Å². The van der Waals surface area contributed by atoms with Crippen LogP contribution in [0.15, 0.2) is 18.6 Å². The summed E-state index contributed by atoms with van der Waals surface area (Å²) < 4.78 is 1.69. The fraction of sp³-hybridized carbons (Fsp3) is 0.400. The first-order valence-corrected chi connectivity index (χ1v) is 5.08. The number of aryl methyl sites for hydroxylation is 2. The SMILES string of the molecule is Cc1nccc(CNCc2ncn(C)n2)n1. The number of nitrogens with zero attached hydrogens (tertiary/aromatic N) is 5. The van der Waals surface area contributed by atoms with Gasteiger partial charge in [-0.1, -0.05) is 0 Å². The van der Waals surface area contributed by atoms with Gasteiger partial charge in [0.2, 0.25) is 0 Å². The minimum Gasteiger partial charge on any atom is -0.304 e. The topological polar surface area (TPSA) is 68.5 Å². The predicted molar refractivity (Wildman–Crippen MR) is 58.3 cm³/mol. The fourth-order valence-corrected chi connectivity index (χ4v) is 1.37. The van der Waals surface area contributed by atoms with E-state index in [1.165, 1.54) is 0 Å². The smallest absolute Gasteiger partial charge is 0.164 e. The van der Waals surface area contributed by atoms with Gasteiger partial charge in [0.05, 0.1) is 12.2 Å². The Balaban J connectivity index is 1.84. The first kappa shape index (κ1) is 10.7. The van der Waals surface area contributed by atoms with E-state index in [1.807, 2.05) is 20.0 Å². The van der Waals surface area contributed by atoms with Crippen LogP contribution in [0.5, 0.6) is 0 Å². The molecule has 16 heavy (non-hydrogen) atoms. The van der Waals surface area contributed by atoms with Crippen molar-refractivity contribution in [3.8, 4) is 0 Å². The van der Waals surface area contributed by atoms with Crippen LogP contribution in [-0.4, -0.2) is 24.7 Å². The van der Waals surface area contributed by atoms with Crippen LogP contribution in [0, 0.1) is 6.92 Å². The molecule has 0 saturated heterocycles. The van der Waals surface area contributed by atoms with Crippen molar-refractivity contribution in [1.82, 2.24) is 30.0 Å². The highest BCUT2D eigenvalue weighted by molar-refractivity contribution is 5.01. The summed E-state index contributed by atoms with van der Waals surface area (Å²) in [4.78, 5) is 12.5. The minimum absolute atomic E-state index is 0.643. The Kier molecular flexibility index (Phi) is 3.21. The largest absolute Gasteiger partial charge is 0.304 e. The fourth-order valence-electron chi connectivity index (χ4n) is 1.37. The van der Waals surface area contributed by atoms with Crippen molar-refractivity contribution in [2.24, 2.45) is 7.05 Å². The maximum Gasteiger partial charge on any atom is 0.164 e. The highest BCUT2D eigenvalue weighted by atomic mass is 15.3. The zero-order valence-electron chi connectivity index (χ0n) is 9.38. The maximum absolute atomic E-state index is 4.29. The Morgan fingerprint density at radius 1 is 1.31 bits per heavy atom. The molecule has 0 saturated carbocycles. The van der Waals surface area contributed by atoms with Crippen molar-refractivity contribution in [2.45, 2.75) is 20.0 Å². The van der Waals surface area contributed by atoms with Gasteiger partial charge >= 0.3 is 0 Å². The van der Waals surface area contributed by atoms with E-state index in [9.17, 15) is 0 Å². The lowest BCUT2D eigenvalue weighted by molar-refractivity contribution is 0.638. The van der Waals surface area contributed by atoms with Crippen LogP contribution in [0.1, 0.15) is 17.3 Å². The van der Waals surface area contributed by atoms with Gasteiger partial charge in [0, 0.05) is 19.8 Å². The van der Waals surface area contributed by atoms with E-state index < -0.39 is 0 Å². The molecular weight excluding hydrogens is 204 g/mol. The van der Waals surface area contributed by atoms with E-state index in [4.69, 9.17) is 0 Å². The summed E-state index contributed by atoms with van der Waals surface area (Å²) in [5.74, 6) is 1.57. The van der Waals surface area contributed by atoms with Crippen LogP contribution < -0.4 is 5.32 Å². The van der Waals surface area contributed by atoms with Crippen LogP contribution >= 0.6 is 0 Å². The Morgan fingerprint density at radius 2 is 2.19 bits per heavy atom. The summed E-state index contributed by atoms with van der Waals surface area (Å²) in [7, 11) is 1.85. The van der Waals surface area contributed by atoms with Crippen molar-refractivity contribution >= 4 is 0 Å². The van der Waals surface area contributed by atoms with Gasteiger partial charge in [-0.2, -0.15) is 5.10 Å². The summed E-state index contributed by atoms with van der Waals surface area (Å²) in [6.07, 6.45) is 3.45. The third kappa shape index (κ3) is 2.83. The number of hydrogen-bond acceptors (Lipinski definition) is 5. The van der Waals surface area contributed by atoms with E-state index in [1.54, 1.807) is 17.2 Å². The standard InChI is InChI=1S/C10H14N6/c1-8-12-4-3-9(14-8)5-11-6-10-13-7-16(2)15-10/h3-4,7,11H,5-6H2,1-2H3. The molecule has 0 amide bonds. The van der Waals surface area contributed by atoms with Gasteiger partial charge in [0.25, 0.3) is 0 Å². The molecule has 0 spiro atoms. The van der Waals surface area contributed by atoms with Crippen molar-refractivity contribution in [3.05, 3.63) is 35.9 Å². The molecule has 0 aliphatic carbocycles. The second kappa shape index (κ2) is 4.80. The molecule has 0 fully saturated rings. The molecule has 0 radical (unpaired) electrons. The molecule has 0 atom stereocenters. The van der Waals surface area contributed by atoms with Crippen LogP contribution in [0.4, 0.5) is 0 Å². The van der Waals surface area contributed by atoms with Crippen molar-refractivity contribution in [3.63, 3.8) is 0 Å². The molecule has 6 heteroatoms. The van der Waals surface area contributed by atoms with Crippen LogP contribution in [0.25, 0.3) is 0 Å². The number of nitrogens with one attached hydrogen (secondary N) is 1. The second-order valence-electron chi connectivity index (χ2n) is 3.53. The van der Waals surface area contributed by atoms with Gasteiger partial charge in [0.15, 0.2) is 5.82 Å². The van der Waals surface area contributed by atoms with Gasteiger partial charge in [-0.05, 0) is 13.0 Å². The van der Waals surface area contributed by atoms with E-state index in [0.29, 0.717) is 13.1 Å². The Bertz CT molecular complexity index is 464. The lowest BCUT2D eigenvalue weighted by Gasteiger charge is -2.01. The van der Waals surface area contributed by atoms with Crippen molar-refractivity contribution < 1.29 is 0 Å². The highest BCUT2D eigenvalue weighted by Crippen LogP contribution is 1.95. The number of aromatic nitrogens is 5. The minimum atomic E-state index is 0.643. The molecule has 0 aromatic carbocycles. The van der Waals surface area contributed by atoms with Crippen LogP contribution in [0.2, 0.25) is 0 Å². The van der Waals surface area contributed by atoms with Crippen LogP contribution in [0.3, 0.4) is 0 Å². The van der Waals surface area contributed by atoms with Crippen molar-refractivity contribution in [1.29, 1.82) is 0 Å². The molecule has 2 rings (SSSR count). The van der Waals surface area contributed by atoms with E-state index in [2.05, 4.69) is 25.4 Å². The summed E-state index contributed by atoms with van der Waals surface area (Å²) >= 11 is 0. The second-order valence-corrected chi connectivity index (χ2v) is 3.53. The molecule has 0 unspecified atom stereocenters. The lowest BCUT2D eigenvalue weighted by atomic mass is 10.4. The number of hydrogen-bond donors (Lipinski definition) is 1. The summed E-state index contributed by atoms with van der Waals surface area (Å²) in [6, 6.07) is 1.89. The Labute approximate surface area is 93.8 Å². The zero-order valence-corrected chi connectivity index (χ0v) is 9.38. The molecule has 2 aromatic rings. The quantitative estimate of drug-likeness (QED) is 0.794. The average Bonchev–Trinajstić information content (AvgIpc) is 2.64. The molecule has 2 aromatic heterocycles. The zero-order chi connectivity index (χ0) is 11.4. The normalized spacial score (nSPS) is 10.6. The van der Waals surface area contributed by atoms with Gasteiger partial charge in [0.1, 0.15) is 12.2 Å². The van der Waals surface area contributed by atoms with E-state index in [0.717, 1.165) is 17.3 Å². The van der Waals surface area contributed by atoms with E-state index in [-0.39, 0.29) is 0 Å². The molecule has 0 aliphatic rings. The molecular formula is C10H14N6. The lowest BCUT2D eigenvalue weighted by Crippen LogP contribution is -2.15. The third-order valence-electron chi connectivity index (χ3n) is 2.07. The highest BCUT2D eigenvalue weighted by Gasteiger charge is 1.99. The van der Waals surface area contributed by atoms with E-state index >= 15 is 0 Å². The molecule has 6 nitrogen and oxygen atoms in total. The Morgan fingerprint density at radius 3 is 2.88 bits per heavy atom. The summed E-state index contributed by atoms with van der Waals surface area (Å²) in [5, 5.41) is 7.40. The van der Waals surface area contributed by atoms with Crippen molar-refractivity contribution in [2.75, 3.05) is 0 Å². The summed E-state index contributed by atoms with van der Waals surface area (Å²) in [5.41, 5.74) is 0.975. The Hall–Kier alpha value is -1.82. The molecule has 1 N–H and O–H groups in total. The average molecular weight is 218 g/mol. The third-order valence-corrected chi connectivity index (χ3v) is 2.07. The molecule has 0 bridgehead atoms. The van der Waals surface area contributed by atoms with Gasteiger partial charge in [-0.25, -0.2) is 15.0 Å². The molecule has 84 valence electrons. The number of rotatable bonds is 4. The first-order chi connectivity index (χ1) is 7.74. The maximum atomic E-state index is 4.29. The van der Waals surface area contributed by atoms with Gasteiger partial charge < -0.3 is 5.32 Å². The monoisotopic (exact) mass is 218 g/mol. The summed E-state index contributed by atoms with van der Waals surface area (Å²) in [6.45, 7) is 3.22.